The van der Waals surface area contributed by atoms with Crippen LogP contribution in [-0.4, -0.2) is 83.1 Å². The first kappa shape index (κ1) is 46.7. The molecule has 1 spiro atoms. The van der Waals surface area contributed by atoms with Crippen molar-refractivity contribution in [1.29, 1.82) is 0 Å². The van der Waals surface area contributed by atoms with Gasteiger partial charge in [-0.15, -0.1) is 0 Å². The monoisotopic (exact) mass is 965 g/mol. The molecule has 10 rings (SSSR count). The standard InChI is InChI=1S/C51H60FN7O9S/c1-49(2,3)37-9-6-5-8-34(37)40-10-7-19-58(40)32-26-51(27-32)17-20-57(21-18-51)31-11-12-35(42(22-31)68-44-25-36-38(52)28-53-46(36)55-48(44)61)47(60)56-69(65,66)33-23-41(59(63)64)45-43(24-33)67-29-39(54-45)30-13-15-50(4,62)16-14-30/h5-6,8-9,11-12,22-25,28,30,32,39-40,54,62H,7,10,13-21,26-27,29H2,1-4H3,(H,56,60)(H2,53,55,61)/t30?,39-,40+,50?/m1/s1. The third kappa shape index (κ3) is 9.06. The number of pyridine rings is 1. The normalized spacial score (nSPS) is 24.0. The van der Waals surface area contributed by atoms with Gasteiger partial charge in [0.2, 0.25) is 0 Å². The molecule has 5 heterocycles. The number of nitro benzene ring substituents is 1. The summed E-state index contributed by atoms with van der Waals surface area (Å²) in [6.45, 7) is 11.3. The van der Waals surface area contributed by atoms with E-state index in [-0.39, 0.29) is 68.9 Å². The summed E-state index contributed by atoms with van der Waals surface area (Å²) in [6.07, 6.45) is 10.1. The number of amides is 1. The van der Waals surface area contributed by atoms with Gasteiger partial charge >= 0.3 is 0 Å². The molecule has 4 fully saturated rings. The van der Waals surface area contributed by atoms with E-state index in [9.17, 15) is 37.6 Å². The summed E-state index contributed by atoms with van der Waals surface area (Å²) in [7, 11) is -4.78. The first-order valence-electron chi connectivity index (χ1n) is 24.1. The molecule has 2 saturated heterocycles. The van der Waals surface area contributed by atoms with Crippen molar-refractivity contribution in [1.82, 2.24) is 19.6 Å². The summed E-state index contributed by atoms with van der Waals surface area (Å²) in [6, 6.07) is 17.4. The van der Waals surface area contributed by atoms with E-state index in [1.54, 1.807) is 19.1 Å². The van der Waals surface area contributed by atoms with Crippen molar-refractivity contribution in [3.05, 3.63) is 110 Å². The molecule has 5 aliphatic rings. The van der Waals surface area contributed by atoms with Gasteiger partial charge in [0.15, 0.2) is 17.2 Å². The first-order chi connectivity index (χ1) is 32.8. The van der Waals surface area contributed by atoms with Gasteiger partial charge in [-0.1, -0.05) is 45.0 Å². The summed E-state index contributed by atoms with van der Waals surface area (Å²) in [5.74, 6) is -2.24. The van der Waals surface area contributed by atoms with Gasteiger partial charge < -0.3 is 34.8 Å². The number of rotatable bonds is 10. The quantitative estimate of drug-likeness (QED) is 0.0657. The van der Waals surface area contributed by atoms with E-state index < -0.39 is 48.4 Å². The predicted molar refractivity (Wildman–Crippen MR) is 259 cm³/mol. The number of aromatic amines is 2. The summed E-state index contributed by atoms with van der Waals surface area (Å²) < 4.78 is 56.8. The van der Waals surface area contributed by atoms with Crippen molar-refractivity contribution in [2.45, 2.75) is 126 Å². The molecule has 1 amide bonds. The summed E-state index contributed by atoms with van der Waals surface area (Å²) in [4.78, 5) is 48.6. The number of nitro groups is 1. The van der Waals surface area contributed by atoms with Crippen molar-refractivity contribution in [2.75, 3.05) is 36.5 Å². The van der Waals surface area contributed by atoms with Gasteiger partial charge in [-0.3, -0.25) is 24.6 Å². The number of H-pyrrole nitrogens is 2. The number of benzene rings is 3. The average Bonchev–Trinajstić information content (AvgIpc) is 3.93. The van der Waals surface area contributed by atoms with Gasteiger partial charge in [-0.2, -0.15) is 0 Å². The van der Waals surface area contributed by atoms with E-state index >= 15 is 0 Å². The average molecular weight is 966 g/mol. The molecule has 3 aromatic carbocycles. The summed E-state index contributed by atoms with van der Waals surface area (Å²) >= 11 is 0. The van der Waals surface area contributed by atoms with Crippen molar-refractivity contribution < 1.29 is 37.1 Å². The zero-order valence-corrected chi connectivity index (χ0v) is 40.2. The molecule has 5 aromatic rings. The highest BCUT2D eigenvalue weighted by Gasteiger charge is 2.50. The lowest BCUT2D eigenvalue weighted by Gasteiger charge is -2.56. The largest absolute Gasteiger partial charge is 0.489 e. The van der Waals surface area contributed by atoms with Crippen molar-refractivity contribution in [2.24, 2.45) is 11.3 Å². The Balaban J connectivity index is 0.874. The zero-order valence-electron chi connectivity index (χ0n) is 39.4. The molecule has 0 radical (unpaired) electrons. The highest BCUT2D eigenvalue weighted by Crippen LogP contribution is 2.54. The van der Waals surface area contributed by atoms with Crippen LogP contribution in [0.4, 0.5) is 21.5 Å². The Hall–Kier alpha value is -5.98. The van der Waals surface area contributed by atoms with Crippen LogP contribution in [0.25, 0.3) is 11.0 Å². The molecule has 2 saturated carbocycles. The molecule has 18 heteroatoms. The number of aromatic nitrogens is 2. The minimum atomic E-state index is -4.78. The van der Waals surface area contributed by atoms with Crippen LogP contribution in [0.2, 0.25) is 0 Å². The molecule has 366 valence electrons. The van der Waals surface area contributed by atoms with Crippen molar-refractivity contribution in [3.63, 3.8) is 0 Å². The Morgan fingerprint density at radius 2 is 1.74 bits per heavy atom. The van der Waals surface area contributed by atoms with Crippen LogP contribution in [0.15, 0.2) is 76.6 Å². The molecule has 69 heavy (non-hydrogen) atoms. The van der Waals surface area contributed by atoms with Crippen LogP contribution in [0, 0.1) is 27.3 Å². The Morgan fingerprint density at radius 1 is 1.00 bits per heavy atom. The van der Waals surface area contributed by atoms with E-state index in [0.29, 0.717) is 43.5 Å². The smallest absolute Gasteiger partial charge is 0.297 e. The van der Waals surface area contributed by atoms with Gasteiger partial charge in [0, 0.05) is 61.3 Å². The van der Waals surface area contributed by atoms with Crippen LogP contribution in [0.3, 0.4) is 0 Å². The minimum Gasteiger partial charge on any atom is -0.489 e. The van der Waals surface area contributed by atoms with Gasteiger partial charge in [0.1, 0.15) is 23.8 Å². The number of ether oxygens (including phenoxy) is 2. The van der Waals surface area contributed by atoms with Gasteiger partial charge in [0.05, 0.1) is 32.4 Å². The lowest BCUT2D eigenvalue weighted by molar-refractivity contribution is -0.384. The number of carbonyl (C=O) groups is 1. The second kappa shape index (κ2) is 17.5. The second-order valence-corrected chi connectivity index (χ2v) is 23.0. The number of hydrogen-bond acceptors (Lipinski definition) is 12. The zero-order chi connectivity index (χ0) is 48.6. The lowest BCUT2D eigenvalue weighted by atomic mass is 9.59. The number of carbonyl (C=O) groups excluding carboxylic acids is 1. The number of sulfonamides is 1. The molecular formula is C51H60FN7O9S. The van der Waals surface area contributed by atoms with Crippen LogP contribution in [0.5, 0.6) is 17.2 Å². The Kier molecular flexibility index (Phi) is 11.8. The van der Waals surface area contributed by atoms with Crippen LogP contribution < -0.4 is 30.0 Å². The first-order valence-corrected chi connectivity index (χ1v) is 25.6. The second-order valence-electron chi connectivity index (χ2n) is 21.4. The maximum absolute atomic E-state index is 14.7. The number of anilines is 2. The van der Waals surface area contributed by atoms with E-state index in [0.717, 1.165) is 70.1 Å². The highest BCUT2D eigenvalue weighted by atomic mass is 32.2. The van der Waals surface area contributed by atoms with Crippen molar-refractivity contribution >= 4 is 44.0 Å². The van der Waals surface area contributed by atoms with E-state index in [1.807, 2.05) is 4.72 Å². The number of hydrogen-bond donors (Lipinski definition) is 5. The molecule has 0 bridgehead atoms. The number of nitrogens with one attached hydrogen (secondary N) is 4. The maximum Gasteiger partial charge on any atom is 0.297 e. The van der Waals surface area contributed by atoms with Gasteiger partial charge in [-0.25, -0.2) is 17.5 Å². The van der Waals surface area contributed by atoms with Crippen LogP contribution in [-0.2, 0) is 15.4 Å². The van der Waals surface area contributed by atoms with E-state index in [4.69, 9.17) is 9.47 Å². The van der Waals surface area contributed by atoms with Crippen molar-refractivity contribution in [3.8, 4) is 17.2 Å². The number of fused-ring (bicyclic) bond motifs is 2. The number of aliphatic hydroxyl groups is 1. The minimum absolute atomic E-state index is 0.0324. The molecule has 2 aromatic heterocycles. The number of nitrogens with zero attached hydrogens (tertiary/aromatic N) is 3. The Bertz CT molecular complexity index is 2990. The third-order valence-corrected chi connectivity index (χ3v) is 17.0. The summed E-state index contributed by atoms with van der Waals surface area (Å²) in [5, 5.41) is 26.1. The number of piperidine rings is 1. The fourth-order valence-corrected chi connectivity index (χ4v) is 12.7. The third-order valence-electron chi connectivity index (χ3n) is 15.7. The Morgan fingerprint density at radius 3 is 2.46 bits per heavy atom. The van der Waals surface area contributed by atoms with Gasteiger partial charge in [-0.05, 0) is 118 Å². The molecule has 5 N–H and O–H groups in total. The summed E-state index contributed by atoms with van der Waals surface area (Å²) in [5.41, 5.74) is 1.68. The highest BCUT2D eigenvalue weighted by molar-refractivity contribution is 7.90. The molecule has 0 unspecified atom stereocenters. The topological polar surface area (TPSA) is 212 Å². The van der Waals surface area contributed by atoms with E-state index in [1.165, 1.54) is 29.7 Å². The Labute approximate surface area is 400 Å². The fraction of sp³-hybridized carbons (Fsp3) is 0.490. The van der Waals surface area contributed by atoms with Crippen LogP contribution >= 0.6 is 0 Å². The molecule has 2 aliphatic carbocycles. The lowest BCUT2D eigenvalue weighted by Crippen LogP contribution is -2.55. The number of halogens is 1. The SMILES string of the molecule is CC1(O)CCC([C@H]2COc3cc(S(=O)(=O)NC(=O)c4ccc(N5CCC6(CC5)CC(N5CCC[C@H]5c5ccccc5C(C)(C)C)C6)cc4Oc4cc5c(F)c[nH]c5[nH]c4=O)cc([N+](=O)[O-])c3N2)CC1. The number of likely N-dealkylation sites (tertiary alicyclic amines) is 1. The van der Waals surface area contributed by atoms with E-state index in [2.05, 4.69) is 70.1 Å². The molecular weight excluding hydrogens is 906 g/mol. The van der Waals surface area contributed by atoms with Gasteiger partial charge in [0.25, 0.3) is 27.2 Å². The molecule has 16 nitrogen and oxygen atoms in total. The maximum atomic E-state index is 14.7. The molecule has 3 aliphatic heterocycles. The van der Waals surface area contributed by atoms with Crippen LogP contribution in [0.1, 0.15) is 119 Å². The predicted octanol–water partition coefficient (Wildman–Crippen LogP) is 8.81. The fourth-order valence-electron chi connectivity index (χ4n) is 11.7. The molecule has 2 atom stereocenters.